The minimum Gasteiger partial charge on any atom is -0.399 e. The average Bonchev–Trinajstić information content (AvgIpc) is 2.17. The average molecular weight is 242 g/mol. The highest BCUT2D eigenvalue weighted by Gasteiger charge is 2.16. The van der Waals surface area contributed by atoms with Crippen LogP contribution in [0.3, 0.4) is 0 Å². The largest absolute Gasteiger partial charge is 0.399 e. The van der Waals surface area contributed by atoms with Crippen molar-refractivity contribution in [2.45, 2.75) is 24.7 Å². The lowest BCUT2D eigenvalue weighted by Crippen LogP contribution is -2.30. The monoisotopic (exact) mass is 242 g/mol. The van der Waals surface area contributed by atoms with Crippen LogP contribution in [0.2, 0.25) is 0 Å². The summed E-state index contributed by atoms with van der Waals surface area (Å²) in [5.41, 5.74) is 5.91. The summed E-state index contributed by atoms with van der Waals surface area (Å²) in [4.78, 5) is 11.2. The Bertz CT molecular complexity index is 465. The van der Waals surface area contributed by atoms with Gasteiger partial charge in [-0.3, -0.25) is 4.79 Å². The maximum atomic E-state index is 11.7. The molecule has 0 heterocycles. The third kappa shape index (κ3) is 3.23. The topological polar surface area (TPSA) is 89.3 Å². The molecule has 1 amide bonds. The molecule has 0 spiro atoms. The predicted octanol–water partition coefficient (Wildman–Crippen LogP) is 0.874. The van der Waals surface area contributed by atoms with E-state index >= 15 is 0 Å². The predicted molar refractivity (Wildman–Crippen MR) is 61.1 cm³/mol. The van der Waals surface area contributed by atoms with Crippen molar-refractivity contribution >= 4 is 21.6 Å². The molecular weight excluding hydrogens is 228 g/mol. The second-order valence-corrected chi connectivity index (χ2v) is 5.03. The van der Waals surface area contributed by atoms with Gasteiger partial charge in [-0.1, -0.05) is 6.92 Å². The third-order valence-electron chi connectivity index (χ3n) is 1.92. The van der Waals surface area contributed by atoms with E-state index in [0.29, 0.717) is 12.1 Å². The zero-order chi connectivity index (χ0) is 12.2. The molecule has 0 aliphatic heterocycles. The van der Waals surface area contributed by atoms with Crippen LogP contribution < -0.4 is 10.5 Å². The second kappa shape index (κ2) is 4.98. The normalized spacial score (nSPS) is 11.1. The standard InChI is InChI=1S/C10H14N2O3S/c1-2-3-10(13)12-16(14,15)9-6-4-8(11)5-7-9/h4-7H,2-3,11H2,1H3,(H,12,13). The van der Waals surface area contributed by atoms with Crippen molar-refractivity contribution in [3.05, 3.63) is 24.3 Å². The van der Waals surface area contributed by atoms with Gasteiger partial charge < -0.3 is 5.73 Å². The minimum atomic E-state index is -3.75. The molecule has 6 heteroatoms. The van der Waals surface area contributed by atoms with Gasteiger partial charge in [0.1, 0.15) is 0 Å². The molecule has 0 saturated heterocycles. The number of carbonyl (C=O) groups is 1. The van der Waals surface area contributed by atoms with Gasteiger partial charge in [-0.25, -0.2) is 13.1 Å². The van der Waals surface area contributed by atoms with Crippen molar-refractivity contribution in [1.29, 1.82) is 0 Å². The quantitative estimate of drug-likeness (QED) is 0.767. The molecule has 0 radical (unpaired) electrons. The molecule has 0 saturated carbocycles. The first-order valence-corrected chi connectivity index (χ1v) is 6.35. The van der Waals surface area contributed by atoms with Gasteiger partial charge in [0.05, 0.1) is 4.90 Å². The number of nitrogens with one attached hydrogen (secondary N) is 1. The molecule has 16 heavy (non-hydrogen) atoms. The number of nitrogens with two attached hydrogens (primary N) is 1. The first-order valence-electron chi connectivity index (χ1n) is 4.87. The smallest absolute Gasteiger partial charge is 0.264 e. The molecule has 0 atom stereocenters. The van der Waals surface area contributed by atoms with E-state index in [2.05, 4.69) is 0 Å². The fraction of sp³-hybridized carbons (Fsp3) is 0.300. The third-order valence-corrected chi connectivity index (χ3v) is 3.30. The molecule has 0 aliphatic rings. The van der Waals surface area contributed by atoms with E-state index in [-0.39, 0.29) is 11.3 Å². The number of hydrogen-bond donors (Lipinski definition) is 2. The SMILES string of the molecule is CCCC(=O)NS(=O)(=O)c1ccc(N)cc1. The highest BCUT2D eigenvalue weighted by Crippen LogP contribution is 2.11. The summed E-state index contributed by atoms with van der Waals surface area (Å²) in [6.45, 7) is 1.80. The van der Waals surface area contributed by atoms with Crippen LogP contribution in [0.4, 0.5) is 5.69 Å². The number of amides is 1. The minimum absolute atomic E-state index is 0.0335. The van der Waals surface area contributed by atoms with Gasteiger partial charge in [-0.15, -0.1) is 0 Å². The van der Waals surface area contributed by atoms with E-state index in [4.69, 9.17) is 5.73 Å². The summed E-state index contributed by atoms with van der Waals surface area (Å²) in [5, 5.41) is 0. The highest BCUT2D eigenvalue weighted by molar-refractivity contribution is 7.90. The first kappa shape index (κ1) is 12.5. The molecule has 0 fully saturated rings. The summed E-state index contributed by atoms with van der Waals surface area (Å²) in [5.74, 6) is -0.501. The zero-order valence-electron chi connectivity index (χ0n) is 8.93. The summed E-state index contributed by atoms with van der Waals surface area (Å²) >= 11 is 0. The fourth-order valence-electron chi connectivity index (χ4n) is 1.13. The Morgan fingerprint density at radius 2 is 1.88 bits per heavy atom. The zero-order valence-corrected chi connectivity index (χ0v) is 9.75. The molecule has 5 nitrogen and oxygen atoms in total. The van der Waals surface area contributed by atoms with E-state index in [1.807, 2.05) is 4.72 Å². The summed E-state index contributed by atoms with van der Waals surface area (Å²) < 4.78 is 25.3. The Morgan fingerprint density at radius 3 is 2.38 bits per heavy atom. The first-order chi connectivity index (χ1) is 7.45. The van der Waals surface area contributed by atoms with Gasteiger partial charge in [0.2, 0.25) is 5.91 Å². The van der Waals surface area contributed by atoms with Crippen molar-refractivity contribution in [2.24, 2.45) is 0 Å². The van der Waals surface area contributed by atoms with Crippen LogP contribution in [-0.2, 0) is 14.8 Å². The van der Waals surface area contributed by atoms with Gasteiger partial charge in [-0.05, 0) is 30.7 Å². The maximum absolute atomic E-state index is 11.7. The molecule has 0 bridgehead atoms. The van der Waals surface area contributed by atoms with Gasteiger partial charge in [0.15, 0.2) is 0 Å². The lowest BCUT2D eigenvalue weighted by molar-refractivity contribution is -0.119. The number of hydrogen-bond acceptors (Lipinski definition) is 4. The van der Waals surface area contributed by atoms with Crippen LogP contribution in [0, 0.1) is 0 Å². The number of carbonyl (C=O) groups excluding carboxylic acids is 1. The molecule has 1 rings (SSSR count). The number of nitrogen functional groups attached to an aromatic ring is 1. The van der Waals surface area contributed by atoms with Crippen molar-refractivity contribution in [3.8, 4) is 0 Å². The molecule has 1 aromatic carbocycles. The number of anilines is 1. The van der Waals surface area contributed by atoms with Gasteiger partial charge >= 0.3 is 0 Å². The van der Waals surface area contributed by atoms with Gasteiger partial charge in [0, 0.05) is 12.1 Å². The molecule has 1 aromatic rings. The van der Waals surface area contributed by atoms with Crippen LogP contribution in [0.5, 0.6) is 0 Å². The van der Waals surface area contributed by atoms with Gasteiger partial charge in [0.25, 0.3) is 10.0 Å². The van der Waals surface area contributed by atoms with E-state index in [0.717, 1.165) is 0 Å². The second-order valence-electron chi connectivity index (χ2n) is 3.35. The molecular formula is C10H14N2O3S. The lowest BCUT2D eigenvalue weighted by Gasteiger charge is -2.06. The molecule has 0 unspecified atom stereocenters. The summed E-state index contributed by atoms with van der Waals surface area (Å²) in [6.07, 6.45) is 0.789. The van der Waals surface area contributed by atoms with Crippen LogP contribution in [0.15, 0.2) is 29.2 Å². The van der Waals surface area contributed by atoms with Gasteiger partial charge in [-0.2, -0.15) is 0 Å². The summed E-state index contributed by atoms with van der Waals surface area (Å²) in [6, 6.07) is 5.66. The van der Waals surface area contributed by atoms with Crippen LogP contribution in [-0.4, -0.2) is 14.3 Å². The molecule has 3 N–H and O–H groups in total. The van der Waals surface area contributed by atoms with Crippen LogP contribution >= 0.6 is 0 Å². The van der Waals surface area contributed by atoms with E-state index in [9.17, 15) is 13.2 Å². The van der Waals surface area contributed by atoms with Crippen LogP contribution in [0.1, 0.15) is 19.8 Å². The van der Waals surface area contributed by atoms with Crippen molar-refractivity contribution in [3.63, 3.8) is 0 Å². The van der Waals surface area contributed by atoms with E-state index in [1.165, 1.54) is 24.3 Å². The Hall–Kier alpha value is -1.56. The van der Waals surface area contributed by atoms with Crippen molar-refractivity contribution in [2.75, 3.05) is 5.73 Å². The van der Waals surface area contributed by atoms with Crippen molar-refractivity contribution in [1.82, 2.24) is 4.72 Å². The Morgan fingerprint density at radius 1 is 1.31 bits per heavy atom. The maximum Gasteiger partial charge on any atom is 0.264 e. The Balaban J connectivity index is 2.86. The highest BCUT2D eigenvalue weighted by atomic mass is 32.2. The van der Waals surface area contributed by atoms with Crippen LogP contribution in [0.25, 0.3) is 0 Å². The number of rotatable bonds is 4. The Kier molecular flexibility index (Phi) is 3.89. The number of benzene rings is 1. The van der Waals surface area contributed by atoms with E-state index < -0.39 is 15.9 Å². The van der Waals surface area contributed by atoms with Crippen molar-refractivity contribution < 1.29 is 13.2 Å². The Labute approximate surface area is 94.7 Å². The lowest BCUT2D eigenvalue weighted by atomic mass is 10.3. The summed E-state index contributed by atoms with van der Waals surface area (Å²) in [7, 11) is -3.75. The molecule has 88 valence electrons. The number of sulfonamides is 1. The molecule has 0 aliphatic carbocycles. The fourth-order valence-corrected chi connectivity index (χ4v) is 2.15. The van der Waals surface area contributed by atoms with E-state index in [1.54, 1.807) is 6.92 Å². The molecule has 0 aromatic heterocycles.